The lowest BCUT2D eigenvalue weighted by atomic mass is 10.2. The van der Waals surface area contributed by atoms with Gasteiger partial charge in [-0.2, -0.15) is 0 Å². The van der Waals surface area contributed by atoms with E-state index >= 15 is 0 Å². The summed E-state index contributed by atoms with van der Waals surface area (Å²) in [5, 5.41) is 0. The molecule has 0 atom stereocenters. The fourth-order valence-electron chi connectivity index (χ4n) is 2.51. The van der Waals surface area contributed by atoms with Gasteiger partial charge in [-0.05, 0) is 29.8 Å². The van der Waals surface area contributed by atoms with Crippen LogP contribution in [0.4, 0.5) is 5.69 Å². The van der Waals surface area contributed by atoms with E-state index in [9.17, 15) is 8.42 Å². The summed E-state index contributed by atoms with van der Waals surface area (Å²) in [5.74, 6) is 0.612. The SMILES string of the molecule is COc1ccccc1S(=O)(=O)c1ccc(N)c(OCc2ccccc2)c1. The summed E-state index contributed by atoms with van der Waals surface area (Å²) in [6.45, 7) is 0.295. The Labute approximate surface area is 152 Å². The second-order valence-electron chi connectivity index (χ2n) is 5.63. The van der Waals surface area contributed by atoms with Gasteiger partial charge in [0.25, 0.3) is 0 Å². The Morgan fingerprint density at radius 1 is 0.885 bits per heavy atom. The van der Waals surface area contributed by atoms with Crippen LogP contribution in [0.15, 0.2) is 82.6 Å². The van der Waals surface area contributed by atoms with E-state index in [-0.39, 0.29) is 15.5 Å². The van der Waals surface area contributed by atoms with E-state index in [1.54, 1.807) is 18.2 Å². The third-order valence-electron chi connectivity index (χ3n) is 3.89. The average Bonchev–Trinajstić information content (AvgIpc) is 2.68. The first kappa shape index (κ1) is 17.8. The number of benzene rings is 3. The molecule has 0 aliphatic heterocycles. The van der Waals surface area contributed by atoms with E-state index in [0.29, 0.717) is 18.0 Å². The zero-order valence-corrected chi connectivity index (χ0v) is 15.1. The largest absolute Gasteiger partial charge is 0.495 e. The molecule has 134 valence electrons. The van der Waals surface area contributed by atoms with Crippen LogP contribution < -0.4 is 15.2 Å². The Bertz CT molecular complexity index is 1000. The van der Waals surface area contributed by atoms with E-state index < -0.39 is 9.84 Å². The maximum Gasteiger partial charge on any atom is 0.210 e. The van der Waals surface area contributed by atoms with Gasteiger partial charge in [-0.3, -0.25) is 0 Å². The fourth-order valence-corrected chi connectivity index (χ4v) is 3.95. The van der Waals surface area contributed by atoms with Crippen molar-refractivity contribution in [1.82, 2.24) is 0 Å². The quantitative estimate of drug-likeness (QED) is 0.671. The Hall–Kier alpha value is -2.99. The van der Waals surface area contributed by atoms with Gasteiger partial charge in [0.15, 0.2) is 0 Å². The summed E-state index contributed by atoms with van der Waals surface area (Å²) >= 11 is 0. The van der Waals surface area contributed by atoms with Gasteiger partial charge in [-0.15, -0.1) is 0 Å². The number of rotatable bonds is 6. The number of hydrogen-bond donors (Lipinski definition) is 1. The van der Waals surface area contributed by atoms with Gasteiger partial charge in [0.2, 0.25) is 9.84 Å². The molecule has 3 aromatic carbocycles. The van der Waals surface area contributed by atoms with Crippen molar-refractivity contribution in [3.63, 3.8) is 0 Å². The highest BCUT2D eigenvalue weighted by Gasteiger charge is 2.23. The van der Waals surface area contributed by atoms with Crippen molar-refractivity contribution in [2.75, 3.05) is 12.8 Å². The van der Waals surface area contributed by atoms with Crippen molar-refractivity contribution < 1.29 is 17.9 Å². The summed E-state index contributed by atoms with van der Waals surface area (Å²) in [6, 6.07) is 20.5. The van der Waals surface area contributed by atoms with Crippen molar-refractivity contribution >= 4 is 15.5 Å². The Morgan fingerprint density at radius 3 is 2.31 bits per heavy atom. The van der Waals surface area contributed by atoms with E-state index in [1.807, 2.05) is 30.3 Å². The van der Waals surface area contributed by atoms with Gasteiger partial charge < -0.3 is 15.2 Å². The number of ether oxygens (including phenoxy) is 2. The third-order valence-corrected chi connectivity index (χ3v) is 5.68. The highest BCUT2D eigenvalue weighted by Crippen LogP contribution is 2.33. The Balaban J connectivity index is 1.93. The molecule has 3 aromatic rings. The maximum atomic E-state index is 13.0. The van der Waals surface area contributed by atoms with E-state index in [0.717, 1.165) is 5.56 Å². The summed E-state index contributed by atoms with van der Waals surface area (Å²) in [7, 11) is -2.33. The first-order chi connectivity index (χ1) is 12.5. The summed E-state index contributed by atoms with van der Waals surface area (Å²) in [5.41, 5.74) is 7.28. The predicted octanol–water partition coefficient (Wildman–Crippen LogP) is 3.69. The number of anilines is 1. The fraction of sp³-hybridized carbons (Fsp3) is 0.100. The topological polar surface area (TPSA) is 78.6 Å². The van der Waals surface area contributed by atoms with Gasteiger partial charge in [-0.25, -0.2) is 8.42 Å². The van der Waals surface area contributed by atoms with Crippen LogP contribution in [0, 0.1) is 0 Å². The van der Waals surface area contributed by atoms with Gasteiger partial charge in [0.1, 0.15) is 23.0 Å². The van der Waals surface area contributed by atoms with Crippen LogP contribution in [0.2, 0.25) is 0 Å². The summed E-state index contributed by atoms with van der Waals surface area (Å²) in [6.07, 6.45) is 0. The highest BCUT2D eigenvalue weighted by atomic mass is 32.2. The number of nitrogen functional groups attached to an aromatic ring is 1. The summed E-state index contributed by atoms with van der Waals surface area (Å²) < 4.78 is 36.9. The molecule has 3 rings (SSSR count). The molecule has 0 saturated carbocycles. The molecule has 0 aromatic heterocycles. The molecule has 0 radical (unpaired) electrons. The van der Waals surface area contributed by atoms with E-state index in [4.69, 9.17) is 15.2 Å². The van der Waals surface area contributed by atoms with Crippen molar-refractivity contribution in [1.29, 1.82) is 0 Å². The van der Waals surface area contributed by atoms with Crippen LogP contribution in [0.3, 0.4) is 0 Å². The first-order valence-electron chi connectivity index (χ1n) is 7.97. The molecule has 6 heteroatoms. The molecule has 5 nitrogen and oxygen atoms in total. The lowest BCUT2D eigenvalue weighted by Crippen LogP contribution is -2.06. The lowest BCUT2D eigenvalue weighted by molar-refractivity contribution is 0.307. The first-order valence-corrected chi connectivity index (χ1v) is 9.45. The van der Waals surface area contributed by atoms with Crippen LogP contribution >= 0.6 is 0 Å². The monoisotopic (exact) mass is 369 g/mol. The Morgan fingerprint density at radius 2 is 1.58 bits per heavy atom. The number of sulfone groups is 1. The van der Waals surface area contributed by atoms with Crippen LogP contribution in [0.1, 0.15) is 5.56 Å². The smallest absolute Gasteiger partial charge is 0.210 e. The molecule has 0 bridgehead atoms. The zero-order chi connectivity index (χ0) is 18.6. The van der Waals surface area contributed by atoms with Crippen LogP contribution in [0.25, 0.3) is 0 Å². The van der Waals surface area contributed by atoms with Crippen LogP contribution in [-0.4, -0.2) is 15.5 Å². The van der Waals surface area contributed by atoms with E-state index in [2.05, 4.69) is 0 Å². The lowest BCUT2D eigenvalue weighted by Gasteiger charge is -2.13. The molecule has 26 heavy (non-hydrogen) atoms. The third kappa shape index (κ3) is 3.65. The van der Waals surface area contributed by atoms with Crippen LogP contribution in [-0.2, 0) is 16.4 Å². The normalized spacial score (nSPS) is 11.1. The minimum absolute atomic E-state index is 0.0965. The number of nitrogens with two attached hydrogens (primary N) is 1. The molecule has 0 fully saturated rings. The molecule has 0 amide bonds. The minimum Gasteiger partial charge on any atom is -0.495 e. The number of para-hydroxylation sites is 1. The average molecular weight is 369 g/mol. The maximum absolute atomic E-state index is 13.0. The van der Waals surface area contributed by atoms with Gasteiger partial charge in [0, 0.05) is 6.07 Å². The van der Waals surface area contributed by atoms with Gasteiger partial charge in [-0.1, -0.05) is 42.5 Å². The molecule has 0 aliphatic carbocycles. The van der Waals surface area contributed by atoms with Crippen molar-refractivity contribution in [2.24, 2.45) is 0 Å². The van der Waals surface area contributed by atoms with Crippen LogP contribution in [0.5, 0.6) is 11.5 Å². The van der Waals surface area contributed by atoms with E-state index in [1.165, 1.54) is 31.4 Å². The molecule has 0 unspecified atom stereocenters. The summed E-state index contributed by atoms with van der Waals surface area (Å²) in [4.78, 5) is 0.195. The molecule has 0 aliphatic rings. The Kier molecular flexibility index (Phi) is 5.14. The standard InChI is InChI=1S/C20H19NO4S/c1-24-18-9-5-6-10-20(18)26(22,23)16-11-12-17(21)19(13-16)25-14-15-7-3-2-4-8-15/h2-13H,14,21H2,1H3. The number of hydrogen-bond acceptors (Lipinski definition) is 5. The number of methoxy groups -OCH3 is 1. The van der Waals surface area contributed by atoms with Crippen molar-refractivity contribution in [3.05, 3.63) is 78.4 Å². The molecule has 0 heterocycles. The van der Waals surface area contributed by atoms with Gasteiger partial charge >= 0.3 is 0 Å². The second-order valence-corrected chi connectivity index (χ2v) is 7.55. The van der Waals surface area contributed by atoms with Gasteiger partial charge in [0.05, 0.1) is 17.7 Å². The minimum atomic E-state index is -3.76. The molecule has 0 saturated heterocycles. The van der Waals surface area contributed by atoms with Crippen molar-refractivity contribution in [2.45, 2.75) is 16.4 Å². The molecular weight excluding hydrogens is 350 g/mol. The molecule has 2 N–H and O–H groups in total. The van der Waals surface area contributed by atoms with Crippen molar-refractivity contribution in [3.8, 4) is 11.5 Å². The highest BCUT2D eigenvalue weighted by molar-refractivity contribution is 7.91. The molecular formula is C20H19NO4S. The second kappa shape index (κ2) is 7.49. The zero-order valence-electron chi connectivity index (χ0n) is 14.3. The predicted molar refractivity (Wildman–Crippen MR) is 100 cm³/mol. The molecule has 0 spiro atoms.